The van der Waals surface area contributed by atoms with E-state index in [0.29, 0.717) is 5.92 Å². The minimum atomic E-state index is 0.286. The van der Waals surface area contributed by atoms with E-state index in [4.69, 9.17) is 15.0 Å². The second-order valence-electron chi connectivity index (χ2n) is 11.3. The van der Waals surface area contributed by atoms with E-state index in [9.17, 15) is 5.11 Å². The lowest BCUT2D eigenvalue weighted by Crippen LogP contribution is -2.37. The molecule has 6 heteroatoms. The van der Waals surface area contributed by atoms with Gasteiger partial charge in [-0.15, -0.1) is 0 Å². The third kappa shape index (κ3) is 3.87. The molecule has 0 amide bonds. The first-order valence-electron chi connectivity index (χ1n) is 13.8. The molecule has 2 bridgehead atoms. The van der Waals surface area contributed by atoms with Crippen molar-refractivity contribution >= 4 is 39.3 Å². The first-order chi connectivity index (χ1) is 18.0. The van der Waals surface area contributed by atoms with E-state index in [0.717, 1.165) is 88.4 Å². The minimum Gasteiger partial charge on any atom is -0.508 e. The van der Waals surface area contributed by atoms with E-state index in [1.807, 2.05) is 12.1 Å². The first kappa shape index (κ1) is 23.3. The van der Waals surface area contributed by atoms with Gasteiger partial charge in [0.15, 0.2) is 5.16 Å². The number of benzene rings is 2. The van der Waals surface area contributed by atoms with Crippen LogP contribution in [0.4, 0.5) is 5.82 Å². The van der Waals surface area contributed by atoms with Crippen molar-refractivity contribution in [2.24, 2.45) is 11.8 Å². The number of nitrogens with zero attached hydrogens (tertiary/aromatic N) is 4. The van der Waals surface area contributed by atoms with Crippen molar-refractivity contribution in [2.45, 2.75) is 63.4 Å². The molecule has 3 heterocycles. The van der Waals surface area contributed by atoms with Gasteiger partial charge < -0.3 is 10.0 Å². The van der Waals surface area contributed by atoms with Crippen LogP contribution in [-0.2, 0) is 6.42 Å². The second kappa shape index (κ2) is 8.87. The van der Waals surface area contributed by atoms with E-state index in [1.54, 1.807) is 11.8 Å². The highest BCUT2D eigenvalue weighted by atomic mass is 32.2. The Hall–Kier alpha value is -2.86. The Morgan fingerprint density at radius 3 is 2.49 bits per heavy atom. The van der Waals surface area contributed by atoms with Gasteiger partial charge in [0.05, 0.1) is 22.3 Å². The Balaban J connectivity index is 1.53. The zero-order chi connectivity index (χ0) is 25.3. The number of aryl methyl sites for hydroxylation is 2. The highest BCUT2D eigenvalue weighted by molar-refractivity contribution is 7.98. The molecule has 2 aromatic heterocycles. The van der Waals surface area contributed by atoms with Crippen LogP contribution in [0.3, 0.4) is 0 Å². The number of piperidine rings is 1. The SMILES string of the molecule is CCc1cccc2cc(O)cc(-c3nc(C)c4c(N5CC6CCC(C6)C5)nc(SC)nc4c3C3CC3)c12. The molecule has 0 radical (unpaired) electrons. The van der Waals surface area contributed by atoms with Gasteiger partial charge in [-0.05, 0) is 97.9 Å². The molecule has 1 saturated heterocycles. The maximum atomic E-state index is 10.8. The molecule has 2 saturated carbocycles. The zero-order valence-electron chi connectivity index (χ0n) is 21.9. The fourth-order valence-electron chi connectivity index (χ4n) is 6.99. The van der Waals surface area contributed by atoms with Gasteiger partial charge >= 0.3 is 0 Å². The molecule has 3 fully saturated rings. The van der Waals surface area contributed by atoms with Crippen LogP contribution in [0.2, 0.25) is 0 Å². The number of aromatic nitrogens is 3. The van der Waals surface area contributed by atoms with Crippen molar-refractivity contribution in [3.63, 3.8) is 0 Å². The number of hydrogen-bond donors (Lipinski definition) is 1. The van der Waals surface area contributed by atoms with E-state index in [2.05, 4.69) is 43.2 Å². The third-order valence-corrected chi connectivity index (χ3v) is 9.33. The maximum Gasteiger partial charge on any atom is 0.189 e. The normalized spacial score (nSPS) is 21.3. The quantitative estimate of drug-likeness (QED) is 0.225. The Bertz CT molecular complexity index is 1530. The lowest BCUT2D eigenvalue weighted by molar-refractivity contribution is 0.419. The molecule has 0 spiro atoms. The van der Waals surface area contributed by atoms with Crippen LogP contribution < -0.4 is 4.90 Å². The summed E-state index contributed by atoms with van der Waals surface area (Å²) in [5.41, 5.74) is 6.61. The molecule has 2 aromatic carbocycles. The van der Waals surface area contributed by atoms with Crippen molar-refractivity contribution in [3.05, 3.63) is 47.2 Å². The Morgan fingerprint density at radius 1 is 1.00 bits per heavy atom. The molecule has 1 N–H and O–H groups in total. The molecule has 190 valence electrons. The van der Waals surface area contributed by atoms with Crippen LogP contribution in [0.1, 0.15) is 61.8 Å². The number of aromatic hydroxyl groups is 1. The Kier molecular flexibility index (Phi) is 5.58. The van der Waals surface area contributed by atoms with Crippen LogP contribution in [0.5, 0.6) is 5.75 Å². The van der Waals surface area contributed by atoms with E-state index >= 15 is 0 Å². The van der Waals surface area contributed by atoms with Gasteiger partial charge in [0.2, 0.25) is 0 Å². The average Bonchev–Trinajstić information content (AvgIpc) is 3.69. The third-order valence-electron chi connectivity index (χ3n) is 8.78. The number of rotatable bonds is 5. The summed E-state index contributed by atoms with van der Waals surface area (Å²) in [5.74, 6) is 3.38. The lowest BCUT2D eigenvalue weighted by Gasteiger charge is -2.34. The summed E-state index contributed by atoms with van der Waals surface area (Å²) in [6, 6.07) is 10.2. The monoisotopic (exact) mass is 510 g/mol. The lowest BCUT2D eigenvalue weighted by atomic mass is 9.91. The van der Waals surface area contributed by atoms with Crippen molar-refractivity contribution in [2.75, 3.05) is 24.2 Å². The second-order valence-corrected chi connectivity index (χ2v) is 12.1. The molecule has 2 aliphatic carbocycles. The predicted octanol–water partition coefficient (Wildman–Crippen LogP) is 7.26. The highest BCUT2D eigenvalue weighted by Gasteiger charge is 2.36. The first-order valence-corrected chi connectivity index (χ1v) is 15.0. The summed E-state index contributed by atoms with van der Waals surface area (Å²) in [7, 11) is 0. The van der Waals surface area contributed by atoms with Gasteiger partial charge in [-0.3, -0.25) is 4.98 Å². The molecular formula is C31H34N4OS. The van der Waals surface area contributed by atoms with Gasteiger partial charge in [-0.25, -0.2) is 9.97 Å². The molecule has 4 aromatic rings. The molecule has 37 heavy (non-hydrogen) atoms. The molecule has 3 aliphatic rings. The van der Waals surface area contributed by atoms with Crippen LogP contribution in [0.25, 0.3) is 32.9 Å². The van der Waals surface area contributed by atoms with E-state index in [-0.39, 0.29) is 5.75 Å². The fourth-order valence-corrected chi connectivity index (χ4v) is 7.35. The summed E-state index contributed by atoms with van der Waals surface area (Å²) < 4.78 is 0. The Labute approximate surface area is 222 Å². The van der Waals surface area contributed by atoms with Gasteiger partial charge in [0.25, 0.3) is 0 Å². The van der Waals surface area contributed by atoms with Crippen molar-refractivity contribution in [1.29, 1.82) is 0 Å². The number of fused-ring (bicyclic) bond motifs is 4. The van der Waals surface area contributed by atoms with Crippen LogP contribution in [0, 0.1) is 18.8 Å². The number of hydrogen-bond acceptors (Lipinski definition) is 6. The minimum absolute atomic E-state index is 0.286. The van der Waals surface area contributed by atoms with Crippen LogP contribution in [-0.4, -0.2) is 39.4 Å². The smallest absolute Gasteiger partial charge is 0.189 e. The molecule has 7 rings (SSSR count). The Morgan fingerprint density at radius 2 is 1.78 bits per heavy atom. The van der Waals surface area contributed by atoms with Gasteiger partial charge in [0.1, 0.15) is 11.6 Å². The summed E-state index contributed by atoms with van der Waals surface area (Å²) >= 11 is 1.63. The molecule has 5 nitrogen and oxygen atoms in total. The fraction of sp³-hybridized carbons (Fsp3) is 0.452. The highest BCUT2D eigenvalue weighted by Crippen LogP contribution is 2.50. The van der Waals surface area contributed by atoms with Gasteiger partial charge in [-0.1, -0.05) is 36.9 Å². The number of pyridine rings is 1. The molecule has 2 atom stereocenters. The number of phenolic OH excluding ortho intramolecular Hbond substituents is 1. The summed E-state index contributed by atoms with van der Waals surface area (Å²) in [6.45, 7) is 6.50. The predicted molar refractivity (Wildman–Crippen MR) is 153 cm³/mol. The summed E-state index contributed by atoms with van der Waals surface area (Å²) in [4.78, 5) is 18.2. The van der Waals surface area contributed by atoms with Crippen LogP contribution in [0.15, 0.2) is 35.5 Å². The van der Waals surface area contributed by atoms with Crippen molar-refractivity contribution in [3.8, 4) is 17.0 Å². The number of phenols is 1. The van der Waals surface area contributed by atoms with Crippen molar-refractivity contribution in [1.82, 2.24) is 15.0 Å². The maximum absolute atomic E-state index is 10.8. The summed E-state index contributed by atoms with van der Waals surface area (Å²) in [5, 5.41) is 15.0. The standard InChI is InChI=1S/C31H34N4OS/c1-4-20-6-5-7-22-13-23(36)14-24(26(20)22)28-27(21-10-11-21)29-25(17(2)32-28)30(34-31(33-29)37-3)35-15-18-8-9-19(12-18)16-35/h5-7,13-14,18-19,21,36H,4,8-12,15-16H2,1-3H3. The topological polar surface area (TPSA) is 62.1 Å². The number of anilines is 1. The van der Waals surface area contributed by atoms with Crippen molar-refractivity contribution < 1.29 is 5.11 Å². The molecule has 2 unspecified atom stereocenters. The summed E-state index contributed by atoms with van der Waals surface area (Å²) in [6.07, 6.45) is 9.39. The van der Waals surface area contributed by atoms with E-state index in [1.165, 1.54) is 35.8 Å². The largest absolute Gasteiger partial charge is 0.508 e. The number of thioether (sulfide) groups is 1. The molecule has 1 aliphatic heterocycles. The zero-order valence-corrected chi connectivity index (χ0v) is 22.7. The van der Waals surface area contributed by atoms with Crippen LogP contribution >= 0.6 is 11.8 Å². The van der Waals surface area contributed by atoms with Gasteiger partial charge in [-0.2, -0.15) is 0 Å². The van der Waals surface area contributed by atoms with Gasteiger partial charge in [0, 0.05) is 24.2 Å². The average molecular weight is 511 g/mol. The van der Waals surface area contributed by atoms with E-state index < -0.39 is 0 Å². The molecular weight excluding hydrogens is 476 g/mol.